The lowest BCUT2D eigenvalue weighted by Gasteiger charge is -2.18. The molecule has 0 nitrogen and oxygen atoms in total. The van der Waals surface area contributed by atoms with Gasteiger partial charge in [-0.3, -0.25) is 0 Å². The summed E-state index contributed by atoms with van der Waals surface area (Å²) in [6, 6.07) is 0. The Morgan fingerprint density at radius 1 is 1.27 bits per heavy atom. The highest BCUT2D eigenvalue weighted by atomic mass is 28.3. The Kier molecular flexibility index (Phi) is 5.34. The van der Waals surface area contributed by atoms with Crippen molar-refractivity contribution < 1.29 is 0 Å². The Hall–Kier alpha value is -0.523. The van der Waals surface area contributed by atoms with Gasteiger partial charge in [0.15, 0.2) is 0 Å². The number of rotatable bonds is 4. The van der Waals surface area contributed by atoms with E-state index in [1.807, 2.05) is 6.08 Å². The lowest BCUT2D eigenvalue weighted by atomic mass is 9.92. The van der Waals surface area contributed by atoms with Crippen LogP contribution in [0.5, 0.6) is 0 Å². The summed E-state index contributed by atoms with van der Waals surface area (Å²) in [5, 5.41) is 1.47. The Bertz CT molecular complexity index is 265. The first-order chi connectivity index (χ1) is 6.67. The maximum atomic E-state index is 3.82. The largest absolute Gasteiger partial charge is 0.130 e. The van der Waals surface area contributed by atoms with Gasteiger partial charge in [0.05, 0.1) is 8.07 Å². The molecule has 1 heteroatoms. The lowest BCUT2D eigenvalue weighted by molar-refractivity contribution is 0.421. The second-order valence-corrected chi connectivity index (χ2v) is 11.4. The molecule has 0 saturated heterocycles. The van der Waals surface area contributed by atoms with E-state index >= 15 is 0 Å². The van der Waals surface area contributed by atoms with Crippen LogP contribution in [-0.2, 0) is 0 Å². The summed E-state index contributed by atoms with van der Waals surface area (Å²) in [6.07, 6.45) is 6.29. The summed E-state index contributed by atoms with van der Waals surface area (Å²) in [7, 11) is -1.20. The fraction of sp³-hybridized carbons (Fsp3) is 0.643. The van der Waals surface area contributed by atoms with Crippen LogP contribution in [0.4, 0.5) is 0 Å². The van der Waals surface area contributed by atoms with Crippen molar-refractivity contribution in [3.05, 3.63) is 29.7 Å². The molecule has 0 unspecified atom stereocenters. The fourth-order valence-electron chi connectivity index (χ4n) is 1.21. The van der Waals surface area contributed by atoms with Crippen LogP contribution >= 0.6 is 0 Å². The van der Waals surface area contributed by atoms with Crippen LogP contribution in [-0.4, -0.2) is 8.07 Å². The predicted octanol–water partition coefficient (Wildman–Crippen LogP) is 4.96. The minimum Gasteiger partial charge on any atom is -0.130 e. The zero-order valence-electron chi connectivity index (χ0n) is 11.3. The van der Waals surface area contributed by atoms with E-state index in [0.29, 0.717) is 5.41 Å². The minimum atomic E-state index is -1.20. The molecule has 0 aromatic heterocycles. The van der Waals surface area contributed by atoms with Gasteiger partial charge in [0.2, 0.25) is 0 Å². The van der Waals surface area contributed by atoms with Crippen molar-refractivity contribution in [2.75, 3.05) is 0 Å². The molecule has 0 atom stereocenters. The van der Waals surface area contributed by atoms with Gasteiger partial charge in [0.1, 0.15) is 0 Å². The van der Waals surface area contributed by atoms with Crippen molar-refractivity contribution in [3.8, 4) is 0 Å². The van der Waals surface area contributed by atoms with Crippen molar-refractivity contribution >= 4 is 8.07 Å². The Labute approximate surface area is 96.8 Å². The zero-order valence-corrected chi connectivity index (χ0v) is 12.3. The van der Waals surface area contributed by atoms with Gasteiger partial charge in [0, 0.05) is 0 Å². The maximum Gasteiger partial charge on any atom is 0.0827 e. The van der Waals surface area contributed by atoms with E-state index in [0.717, 1.165) is 12.8 Å². The highest BCUT2D eigenvalue weighted by molar-refractivity contribution is 6.83. The molecule has 0 N–H and O–H groups in total. The summed E-state index contributed by atoms with van der Waals surface area (Å²) >= 11 is 0. The summed E-state index contributed by atoms with van der Waals surface area (Å²) in [6.45, 7) is 17.7. The van der Waals surface area contributed by atoms with Crippen LogP contribution < -0.4 is 0 Å². The first kappa shape index (κ1) is 14.5. The quantitative estimate of drug-likeness (QED) is 0.358. The minimum absolute atomic E-state index is 0.367. The van der Waals surface area contributed by atoms with Gasteiger partial charge in [-0.25, -0.2) is 0 Å². The van der Waals surface area contributed by atoms with Crippen LogP contribution in [0.2, 0.25) is 19.6 Å². The smallest absolute Gasteiger partial charge is 0.0827 e. The van der Waals surface area contributed by atoms with Gasteiger partial charge in [-0.15, -0.1) is 12.3 Å². The molecule has 0 spiro atoms. The number of hydrogen-bond donors (Lipinski definition) is 0. The molecule has 86 valence electrons. The molecule has 0 rings (SSSR count). The second-order valence-electron chi connectivity index (χ2n) is 6.33. The summed E-state index contributed by atoms with van der Waals surface area (Å²) in [5.74, 6) is 0. The van der Waals surface area contributed by atoms with E-state index in [-0.39, 0.29) is 0 Å². The SMILES string of the molecule is C=CCC(=C=CCC(C)(C)C)[Si](C)(C)C. The van der Waals surface area contributed by atoms with E-state index in [2.05, 4.69) is 58.8 Å². The van der Waals surface area contributed by atoms with E-state index in [1.165, 1.54) is 5.20 Å². The van der Waals surface area contributed by atoms with Crippen molar-refractivity contribution in [1.29, 1.82) is 0 Å². The van der Waals surface area contributed by atoms with Crippen molar-refractivity contribution in [2.24, 2.45) is 5.41 Å². The molecule has 15 heavy (non-hydrogen) atoms. The van der Waals surface area contributed by atoms with Crippen LogP contribution in [0, 0.1) is 5.41 Å². The van der Waals surface area contributed by atoms with Gasteiger partial charge in [-0.1, -0.05) is 46.5 Å². The number of allylic oxidation sites excluding steroid dienone is 2. The van der Waals surface area contributed by atoms with Crippen molar-refractivity contribution in [1.82, 2.24) is 0 Å². The maximum absolute atomic E-state index is 3.82. The highest BCUT2D eigenvalue weighted by Gasteiger charge is 2.17. The molecule has 0 heterocycles. The lowest BCUT2D eigenvalue weighted by Crippen LogP contribution is -2.23. The summed E-state index contributed by atoms with van der Waals surface area (Å²) in [4.78, 5) is 0. The monoisotopic (exact) mass is 222 g/mol. The molecule has 0 aliphatic carbocycles. The van der Waals surface area contributed by atoms with Gasteiger partial charge in [0.25, 0.3) is 0 Å². The van der Waals surface area contributed by atoms with E-state index < -0.39 is 8.07 Å². The average Bonchev–Trinajstić information content (AvgIpc) is 1.98. The molecule has 0 aliphatic rings. The van der Waals surface area contributed by atoms with Crippen LogP contribution in [0.25, 0.3) is 0 Å². The average molecular weight is 222 g/mol. The summed E-state index contributed by atoms with van der Waals surface area (Å²) < 4.78 is 0. The fourth-order valence-corrected chi connectivity index (χ4v) is 2.50. The molecule has 0 radical (unpaired) electrons. The topological polar surface area (TPSA) is 0 Å². The molecule has 0 fully saturated rings. The molecular formula is C14H26Si. The molecule has 0 aliphatic heterocycles. The Balaban J connectivity index is 4.77. The van der Waals surface area contributed by atoms with Crippen molar-refractivity contribution in [2.45, 2.75) is 53.3 Å². The molecule has 0 bridgehead atoms. The van der Waals surface area contributed by atoms with Crippen LogP contribution in [0.15, 0.2) is 29.7 Å². The summed E-state index contributed by atoms with van der Waals surface area (Å²) in [5.41, 5.74) is 3.87. The molecule has 0 amide bonds. The third-order valence-corrected chi connectivity index (χ3v) is 4.40. The van der Waals surface area contributed by atoms with Gasteiger partial charge in [-0.05, 0) is 29.5 Å². The second kappa shape index (κ2) is 5.53. The third kappa shape index (κ3) is 7.41. The third-order valence-electron chi connectivity index (χ3n) is 2.24. The van der Waals surface area contributed by atoms with Gasteiger partial charge >= 0.3 is 0 Å². The Morgan fingerprint density at radius 3 is 2.13 bits per heavy atom. The highest BCUT2D eigenvalue weighted by Crippen LogP contribution is 2.20. The first-order valence-corrected chi connectivity index (χ1v) is 9.22. The van der Waals surface area contributed by atoms with E-state index in [1.54, 1.807) is 0 Å². The van der Waals surface area contributed by atoms with Crippen molar-refractivity contribution in [3.63, 3.8) is 0 Å². The normalized spacial score (nSPS) is 11.9. The van der Waals surface area contributed by atoms with Crippen LogP contribution in [0.3, 0.4) is 0 Å². The van der Waals surface area contributed by atoms with Gasteiger partial charge < -0.3 is 0 Å². The Morgan fingerprint density at radius 2 is 1.80 bits per heavy atom. The molecular weight excluding hydrogens is 196 g/mol. The standard InChI is InChI=1S/C14H26Si/c1-8-10-13(15(5,6)7)11-9-12-14(2,3)4/h8-9H,1,10,12H2,2-7H3. The first-order valence-electron chi connectivity index (χ1n) is 5.72. The van der Waals surface area contributed by atoms with E-state index in [4.69, 9.17) is 0 Å². The number of hydrogen-bond acceptors (Lipinski definition) is 0. The predicted molar refractivity (Wildman–Crippen MR) is 73.8 cm³/mol. The molecule has 0 saturated carbocycles. The molecule has 0 aromatic rings. The van der Waals surface area contributed by atoms with E-state index in [9.17, 15) is 0 Å². The molecule has 0 aromatic carbocycles. The zero-order chi connectivity index (χ0) is 12.1. The van der Waals surface area contributed by atoms with Gasteiger partial charge in [-0.2, -0.15) is 0 Å². The van der Waals surface area contributed by atoms with Crippen LogP contribution in [0.1, 0.15) is 33.6 Å².